The zero-order valence-electron chi connectivity index (χ0n) is 15.2. The number of hydrogen-bond acceptors (Lipinski definition) is 3. The van der Waals surface area contributed by atoms with Crippen LogP contribution in [0.15, 0.2) is 63.9 Å². The largest absolute Gasteiger partial charge is 0.350 e. The predicted molar refractivity (Wildman–Crippen MR) is 109 cm³/mol. The maximum atomic E-state index is 12.3. The van der Waals surface area contributed by atoms with E-state index in [-0.39, 0.29) is 18.0 Å². The van der Waals surface area contributed by atoms with Crippen LogP contribution in [0.5, 0.6) is 0 Å². The molecule has 3 aromatic rings. The van der Waals surface area contributed by atoms with Crippen LogP contribution in [0, 0.1) is 13.8 Å². The van der Waals surface area contributed by atoms with E-state index in [9.17, 15) is 9.59 Å². The Morgan fingerprint density at radius 3 is 2.59 bits per heavy atom. The number of halogens is 1. The van der Waals surface area contributed by atoms with E-state index < -0.39 is 0 Å². The predicted octanol–water partition coefficient (Wildman–Crippen LogP) is 3.61. The molecule has 5 nitrogen and oxygen atoms in total. The summed E-state index contributed by atoms with van der Waals surface area (Å²) in [4.78, 5) is 24.4. The fraction of sp³-hybridized carbons (Fsp3) is 0.190. The van der Waals surface area contributed by atoms with Gasteiger partial charge in [-0.15, -0.1) is 0 Å². The summed E-state index contributed by atoms with van der Waals surface area (Å²) >= 11 is 3.45. The van der Waals surface area contributed by atoms with Crippen LogP contribution < -0.4 is 10.9 Å². The molecule has 0 bridgehead atoms. The molecular weight excluding hydrogens is 406 g/mol. The van der Waals surface area contributed by atoms with Crippen molar-refractivity contribution in [2.45, 2.75) is 26.9 Å². The standard InChI is InChI=1S/C21H20BrN3O2/c1-14-7-8-16(11-15(14)2)19-9-10-21(27)25(24-19)13-20(26)23-12-17-5-3-4-6-18(17)22/h3-11H,12-13H2,1-2H3,(H,23,26). The van der Waals surface area contributed by atoms with Crippen LogP contribution >= 0.6 is 15.9 Å². The highest BCUT2D eigenvalue weighted by molar-refractivity contribution is 9.10. The van der Waals surface area contributed by atoms with Gasteiger partial charge in [0.2, 0.25) is 5.91 Å². The van der Waals surface area contributed by atoms with E-state index in [0.29, 0.717) is 12.2 Å². The minimum atomic E-state index is -0.307. The molecule has 0 aliphatic rings. The van der Waals surface area contributed by atoms with Gasteiger partial charge in [-0.2, -0.15) is 5.10 Å². The second kappa shape index (κ2) is 8.31. The van der Waals surface area contributed by atoms with E-state index in [4.69, 9.17) is 0 Å². The van der Waals surface area contributed by atoms with Crippen LogP contribution in [0.2, 0.25) is 0 Å². The van der Waals surface area contributed by atoms with E-state index in [1.165, 1.54) is 16.3 Å². The topological polar surface area (TPSA) is 64.0 Å². The van der Waals surface area contributed by atoms with E-state index in [2.05, 4.69) is 26.3 Å². The van der Waals surface area contributed by atoms with Crippen LogP contribution in [0.4, 0.5) is 0 Å². The number of rotatable bonds is 5. The van der Waals surface area contributed by atoms with Crippen LogP contribution in [0.25, 0.3) is 11.3 Å². The normalized spacial score (nSPS) is 10.6. The Labute approximate surface area is 166 Å². The third-order valence-corrected chi connectivity index (χ3v) is 5.17. The lowest BCUT2D eigenvalue weighted by molar-refractivity contribution is -0.122. The molecule has 3 rings (SSSR count). The molecule has 27 heavy (non-hydrogen) atoms. The fourth-order valence-corrected chi connectivity index (χ4v) is 3.07. The van der Waals surface area contributed by atoms with Crippen molar-refractivity contribution in [2.24, 2.45) is 0 Å². The Morgan fingerprint density at radius 1 is 1.07 bits per heavy atom. The molecule has 0 radical (unpaired) electrons. The summed E-state index contributed by atoms with van der Waals surface area (Å²) in [6, 6.07) is 16.8. The molecule has 2 aromatic carbocycles. The van der Waals surface area contributed by atoms with Crippen molar-refractivity contribution in [1.29, 1.82) is 0 Å². The lowest BCUT2D eigenvalue weighted by Gasteiger charge is -2.10. The van der Waals surface area contributed by atoms with E-state index >= 15 is 0 Å². The van der Waals surface area contributed by atoms with Gasteiger partial charge >= 0.3 is 0 Å². The average Bonchev–Trinajstić information content (AvgIpc) is 2.65. The van der Waals surface area contributed by atoms with E-state index in [1.54, 1.807) is 6.07 Å². The Hall–Kier alpha value is -2.73. The van der Waals surface area contributed by atoms with Gasteiger partial charge in [0.15, 0.2) is 0 Å². The highest BCUT2D eigenvalue weighted by Gasteiger charge is 2.09. The average molecular weight is 426 g/mol. The molecule has 0 saturated carbocycles. The first kappa shape index (κ1) is 19.0. The molecule has 0 saturated heterocycles. The number of aryl methyl sites for hydroxylation is 2. The summed E-state index contributed by atoms with van der Waals surface area (Å²) in [5, 5.41) is 7.18. The zero-order valence-corrected chi connectivity index (χ0v) is 16.8. The van der Waals surface area contributed by atoms with Gasteiger partial charge in [-0.3, -0.25) is 9.59 Å². The number of nitrogens with one attached hydrogen (secondary N) is 1. The van der Waals surface area contributed by atoms with Gasteiger partial charge in [0.05, 0.1) is 5.69 Å². The van der Waals surface area contributed by atoms with Crippen molar-refractivity contribution < 1.29 is 4.79 Å². The molecule has 0 fully saturated rings. The Balaban J connectivity index is 1.74. The maximum absolute atomic E-state index is 12.3. The van der Waals surface area contributed by atoms with Gasteiger partial charge in [-0.05, 0) is 48.7 Å². The van der Waals surface area contributed by atoms with E-state index in [0.717, 1.165) is 21.2 Å². The van der Waals surface area contributed by atoms with Gasteiger partial charge in [0.1, 0.15) is 6.54 Å². The molecule has 0 aliphatic heterocycles. The minimum absolute atomic E-state index is 0.123. The number of nitrogens with zero attached hydrogens (tertiary/aromatic N) is 2. The van der Waals surface area contributed by atoms with Crippen LogP contribution in [-0.4, -0.2) is 15.7 Å². The van der Waals surface area contributed by atoms with Crippen molar-refractivity contribution in [3.63, 3.8) is 0 Å². The van der Waals surface area contributed by atoms with Gasteiger partial charge in [-0.25, -0.2) is 4.68 Å². The fourth-order valence-electron chi connectivity index (χ4n) is 2.64. The van der Waals surface area contributed by atoms with E-state index in [1.807, 2.05) is 56.3 Å². The lowest BCUT2D eigenvalue weighted by atomic mass is 10.0. The van der Waals surface area contributed by atoms with Crippen molar-refractivity contribution in [3.05, 3.63) is 86.1 Å². The molecule has 138 valence electrons. The van der Waals surface area contributed by atoms with Crippen molar-refractivity contribution in [3.8, 4) is 11.3 Å². The first-order valence-electron chi connectivity index (χ1n) is 8.60. The number of amides is 1. The quantitative estimate of drug-likeness (QED) is 0.678. The third kappa shape index (κ3) is 4.71. The number of hydrogen-bond donors (Lipinski definition) is 1. The van der Waals surface area contributed by atoms with Gasteiger partial charge < -0.3 is 5.32 Å². The highest BCUT2D eigenvalue weighted by Crippen LogP contribution is 2.19. The molecule has 1 amide bonds. The van der Waals surface area contributed by atoms with Crippen LogP contribution in [0.1, 0.15) is 16.7 Å². The number of carbonyl (C=O) groups is 1. The highest BCUT2D eigenvalue weighted by atomic mass is 79.9. The Kier molecular flexibility index (Phi) is 5.86. The summed E-state index contributed by atoms with van der Waals surface area (Å²) in [6.45, 7) is 4.33. The first-order chi connectivity index (χ1) is 12.9. The zero-order chi connectivity index (χ0) is 19.4. The number of carbonyl (C=O) groups excluding carboxylic acids is 1. The summed E-state index contributed by atoms with van der Waals surface area (Å²) < 4.78 is 2.12. The maximum Gasteiger partial charge on any atom is 0.267 e. The Morgan fingerprint density at radius 2 is 1.85 bits per heavy atom. The summed E-state index contributed by atoms with van der Waals surface area (Å²) in [6.07, 6.45) is 0. The third-order valence-electron chi connectivity index (χ3n) is 4.40. The molecule has 6 heteroatoms. The van der Waals surface area contributed by atoms with Crippen LogP contribution in [0.3, 0.4) is 0 Å². The SMILES string of the molecule is Cc1ccc(-c2ccc(=O)n(CC(=O)NCc3ccccc3Br)n2)cc1C. The summed E-state index contributed by atoms with van der Waals surface area (Å²) in [7, 11) is 0. The minimum Gasteiger partial charge on any atom is -0.350 e. The molecule has 0 atom stereocenters. The van der Waals surface area contributed by atoms with Gasteiger partial charge in [0, 0.05) is 22.6 Å². The van der Waals surface area contributed by atoms with Gasteiger partial charge in [-0.1, -0.05) is 46.3 Å². The van der Waals surface area contributed by atoms with Crippen molar-refractivity contribution in [1.82, 2.24) is 15.1 Å². The monoisotopic (exact) mass is 425 g/mol. The van der Waals surface area contributed by atoms with Crippen molar-refractivity contribution >= 4 is 21.8 Å². The molecule has 1 aromatic heterocycles. The van der Waals surface area contributed by atoms with Crippen LogP contribution in [-0.2, 0) is 17.9 Å². The smallest absolute Gasteiger partial charge is 0.267 e. The van der Waals surface area contributed by atoms with Crippen molar-refractivity contribution in [2.75, 3.05) is 0 Å². The number of benzene rings is 2. The van der Waals surface area contributed by atoms with Gasteiger partial charge in [0.25, 0.3) is 5.56 Å². The first-order valence-corrected chi connectivity index (χ1v) is 9.39. The molecule has 1 heterocycles. The second-order valence-electron chi connectivity index (χ2n) is 6.38. The number of aromatic nitrogens is 2. The molecule has 0 unspecified atom stereocenters. The Bertz CT molecular complexity index is 1040. The summed E-state index contributed by atoms with van der Waals surface area (Å²) in [5.74, 6) is -0.266. The molecular formula is C21H20BrN3O2. The molecule has 1 N–H and O–H groups in total. The second-order valence-corrected chi connectivity index (χ2v) is 7.24. The molecule has 0 aliphatic carbocycles. The molecule has 0 spiro atoms. The summed E-state index contributed by atoms with van der Waals surface area (Å²) in [5.41, 5.74) is 4.59. The lowest BCUT2D eigenvalue weighted by Crippen LogP contribution is -2.33.